The van der Waals surface area contributed by atoms with E-state index in [0.717, 1.165) is 11.3 Å². The lowest BCUT2D eigenvalue weighted by molar-refractivity contribution is -0.132. The van der Waals surface area contributed by atoms with Gasteiger partial charge in [0.05, 0.1) is 18.7 Å². The number of benzene rings is 3. The molecule has 0 bridgehead atoms. The van der Waals surface area contributed by atoms with E-state index in [1.54, 1.807) is 72.8 Å². The number of rotatable bonds is 10. The minimum atomic E-state index is -1.01. The van der Waals surface area contributed by atoms with E-state index in [2.05, 4.69) is 16.8 Å². The van der Waals surface area contributed by atoms with Gasteiger partial charge in [-0.1, -0.05) is 66.1 Å². The van der Waals surface area contributed by atoms with E-state index in [0.29, 0.717) is 38.3 Å². The van der Waals surface area contributed by atoms with Gasteiger partial charge in [0.25, 0.3) is 5.78 Å². The largest absolute Gasteiger partial charge is 0.507 e. The fourth-order valence-electron chi connectivity index (χ4n) is 4.29. The molecule has 5 rings (SSSR count). The van der Waals surface area contributed by atoms with Crippen LogP contribution in [0.25, 0.3) is 5.76 Å². The fourth-order valence-corrected chi connectivity index (χ4v) is 6.15. The second kappa shape index (κ2) is 12.4. The summed E-state index contributed by atoms with van der Waals surface area (Å²) in [7, 11) is 1.52. The number of carbonyl (C=O) groups is 2. The molecule has 1 saturated heterocycles. The van der Waals surface area contributed by atoms with Crippen LogP contribution in [0, 0.1) is 5.82 Å². The number of halogens is 1. The van der Waals surface area contributed by atoms with Crippen molar-refractivity contribution < 1.29 is 28.6 Å². The van der Waals surface area contributed by atoms with Crippen LogP contribution in [0.3, 0.4) is 0 Å². The smallest absolute Gasteiger partial charge is 0.301 e. The van der Waals surface area contributed by atoms with E-state index < -0.39 is 17.7 Å². The SMILES string of the molecule is C=CCOc1cccc(C2/C(=C(\O)c3ccc(OC)cc3)C(=O)C(=O)N2c2nnc(SCc3ccccc3F)s2)c1. The maximum absolute atomic E-state index is 14.1. The van der Waals surface area contributed by atoms with Crippen LogP contribution in [0.5, 0.6) is 11.5 Å². The molecule has 0 radical (unpaired) electrons. The first-order chi connectivity index (χ1) is 19.9. The van der Waals surface area contributed by atoms with E-state index in [9.17, 15) is 19.1 Å². The minimum Gasteiger partial charge on any atom is -0.507 e. The Morgan fingerprint density at radius 2 is 1.88 bits per heavy atom. The molecule has 1 fully saturated rings. The lowest BCUT2D eigenvalue weighted by Gasteiger charge is -2.23. The molecule has 11 heteroatoms. The molecule has 1 atom stereocenters. The van der Waals surface area contributed by atoms with Crippen LogP contribution in [-0.4, -0.2) is 40.7 Å². The van der Waals surface area contributed by atoms with Crippen molar-refractivity contribution >= 4 is 45.7 Å². The van der Waals surface area contributed by atoms with Crippen molar-refractivity contribution in [2.75, 3.05) is 18.6 Å². The molecule has 1 aromatic heterocycles. The molecule has 41 heavy (non-hydrogen) atoms. The van der Waals surface area contributed by atoms with Crippen molar-refractivity contribution in [2.45, 2.75) is 16.1 Å². The van der Waals surface area contributed by atoms with E-state index in [-0.39, 0.29) is 28.9 Å². The zero-order valence-electron chi connectivity index (χ0n) is 21.8. The number of hydrogen-bond donors (Lipinski definition) is 1. The number of aromatic nitrogens is 2. The predicted octanol–water partition coefficient (Wildman–Crippen LogP) is 6.17. The monoisotopic (exact) mass is 589 g/mol. The molecule has 4 aromatic rings. The van der Waals surface area contributed by atoms with Crippen molar-refractivity contribution in [2.24, 2.45) is 0 Å². The standard InChI is InChI=1S/C30H24FN3O5S2/c1-3-15-39-22-9-6-8-19(16-22)25-24(26(35)18-11-13-21(38-2)14-12-18)27(36)28(37)34(25)29-32-33-30(41-29)40-17-20-7-4-5-10-23(20)31/h3-14,16,25,35H,1,15,17H2,2H3/b26-24+. The lowest BCUT2D eigenvalue weighted by Crippen LogP contribution is -2.29. The second-order valence-electron chi connectivity index (χ2n) is 8.80. The Morgan fingerprint density at radius 3 is 2.61 bits per heavy atom. The van der Waals surface area contributed by atoms with Crippen LogP contribution in [0.1, 0.15) is 22.7 Å². The first kappa shape index (κ1) is 28.1. The highest BCUT2D eigenvalue weighted by molar-refractivity contribution is 8.00. The molecule has 2 heterocycles. The van der Waals surface area contributed by atoms with E-state index in [1.807, 2.05) is 0 Å². The van der Waals surface area contributed by atoms with Gasteiger partial charge in [0, 0.05) is 11.3 Å². The van der Waals surface area contributed by atoms with E-state index >= 15 is 0 Å². The van der Waals surface area contributed by atoms with Crippen LogP contribution in [0.4, 0.5) is 9.52 Å². The zero-order chi connectivity index (χ0) is 28.9. The Hall–Kier alpha value is -4.48. The lowest BCUT2D eigenvalue weighted by atomic mass is 9.95. The molecule has 1 unspecified atom stereocenters. The van der Waals surface area contributed by atoms with Gasteiger partial charge in [-0.2, -0.15) is 0 Å². The van der Waals surface area contributed by atoms with Crippen molar-refractivity contribution in [1.29, 1.82) is 0 Å². The summed E-state index contributed by atoms with van der Waals surface area (Å²) in [5.41, 5.74) is 1.27. The number of nitrogens with zero attached hydrogens (tertiary/aromatic N) is 3. The van der Waals surface area contributed by atoms with Crippen molar-refractivity contribution in [3.8, 4) is 11.5 Å². The maximum atomic E-state index is 14.1. The number of aliphatic hydroxyl groups is 1. The topological polar surface area (TPSA) is 102 Å². The fraction of sp³-hybridized carbons (Fsp3) is 0.133. The van der Waals surface area contributed by atoms with Crippen molar-refractivity contribution in [3.63, 3.8) is 0 Å². The summed E-state index contributed by atoms with van der Waals surface area (Å²) >= 11 is 2.36. The summed E-state index contributed by atoms with van der Waals surface area (Å²) in [6.45, 7) is 3.92. The predicted molar refractivity (Wildman–Crippen MR) is 156 cm³/mol. The van der Waals surface area contributed by atoms with Crippen molar-refractivity contribution in [3.05, 3.63) is 114 Å². The number of methoxy groups -OCH3 is 1. The number of ketones is 1. The molecule has 1 aliphatic heterocycles. The molecule has 1 aliphatic rings. The number of anilines is 1. The molecule has 3 aromatic carbocycles. The second-order valence-corrected chi connectivity index (χ2v) is 11.0. The third kappa shape index (κ3) is 5.86. The number of amides is 1. The van der Waals surface area contributed by atoms with Gasteiger partial charge >= 0.3 is 5.91 Å². The minimum absolute atomic E-state index is 0.100. The number of hydrogen-bond acceptors (Lipinski definition) is 9. The Balaban J connectivity index is 1.55. The Morgan fingerprint density at radius 1 is 1.10 bits per heavy atom. The highest BCUT2D eigenvalue weighted by Crippen LogP contribution is 2.44. The van der Waals surface area contributed by atoms with E-state index in [4.69, 9.17) is 9.47 Å². The summed E-state index contributed by atoms with van der Waals surface area (Å²) < 4.78 is 25.5. The number of thioether (sulfide) groups is 1. The third-order valence-corrected chi connectivity index (χ3v) is 8.37. The summed E-state index contributed by atoms with van der Waals surface area (Å²) in [5, 5.41) is 19.9. The average molecular weight is 590 g/mol. The third-order valence-electron chi connectivity index (χ3n) is 6.26. The number of aliphatic hydroxyl groups excluding tert-OH is 1. The maximum Gasteiger partial charge on any atom is 0.301 e. The summed E-state index contributed by atoms with van der Waals surface area (Å²) in [5.74, 6) is -1.01. The molecular formula is C30H24FN3O5S2. The first-order valence-corrected chi connectivity index (χ1v) is 14.2. The normalized spacial score (nSPS) is 16.1. The van der Waals surface area contributed by atoms with Gasteiger partial charge in [0.1, 0.15) is 29.7 Å². The Labute approximate surface area is 243 Å². The van der Waals surface area contributed by atoms with Gasteiger partial charge in [-0.3, -0.25) is 14.5 Å². The molecule has 1 N–H and O–H groups in total. The Kier molecular flexibility index (Phi) is 8.46. The summed E-state index contributed by atoms with van der Waals surface area (Å²) in [6, 6.07) is 18.8. The molecule has 0 aliphatic carbocycles. The number of carbonyl (C=O) groups excluding carboxylic acids is 2. The van der Waals surface area contributed by atoms with Gasteiger partial charge in [-0.15, -0.1) is 10.2 Å². The number of Topliss-reactive ketones (excluding diaryl/α,β-unsaturated/α-hetero) is 1. The Bertz CT molecular complexity index is 1640. The molecule has 1 amide bonds. The van der Waals surface area contributed by atoms with Crippen LogP contribution >= 0.6 is 23.1 Å². The van der Waals surface area contributed by atoms with Gasteiger partial charge in [0.2, 0.25) is 5.13 Å². The van der Waals surface area contributed by atoms with Crippen LogP contribution in [0.15, 0.2) is 95.4 Å². The number of ether oxygens (including phenoxy) is 2. The van der Waals surface area contributed by atoms with Crippen molar-refractivity contribution in [1.82, 2.24) is 10.2 Å². The molecule has 0 saturated carbocycles. The summed E-state index contributed by atoms with van der Waals surface area (Å²) in [6.07, 6.45) is 1.60. The zero-order valence-corrected chi connectivity index (χ0v) is 23.5. The first-order valence-electron chi connectivity index (χ1n) is 12.4. The van der Waals surface area contributed by atoms with Gasteiger partial charge in [-0.25, -0.2) is 4.39 Å². The highest BCUT2D eigenvalue weighted by Gasteiger charge is 2.48. The molecule has 208 valence electrons. The highest BCUT2D eigenvalue weighted by atomic mass is 32.2. The van der Waals surface area contributed by atoms with Gasteiger partial charge in [0.15, 0.2) is 4.34 Å². The quantitative estimate of drug-likeness (QED) is 0.0585. The van der Waals surface area contributed by atoms with Gasteiger partial charge < -0.3 is 14.6 Å². The van der Waals surface area contributed by atoms with Crippen LogP contribution < -0.4 is 14.4 Å². The molecule has 0 spiro atoms. The van der Waals surface area contributed by atoms with Gasteiger partial charge in [-0.05, 0) is 53.6 Å². The van der Waals surface area contributed by atoms with Crippen LogP contribution in [0.2, 0.25) is 0 Å². The molecule has 8 nitrogen and oxygen atoms in total. The average Bonchev–Trinajstić information content (AvgIpc) is 3.57. The van der Waals surface area contributed by atoms with E-state index in [1.165, 1.54) is 29.8 Å². The molecular weight excluding hydrogens is 565 g/mol. The summed E-state index contributed by atoms with van der Waals surface area (Å²) in [4.78, 5) is 28.2. The van der Waals surface area contributed by atoms with Crippen LogP contribution in [-0.2, 0) is 15.3 Å².